The molecule has 1 aromatic rings. The predicted octanol–water partition coefficient (Wildman–Crippen LogP) is 1.78. The molecule has 1 aromatic carbocycles. The van der Waals surface area contributed by atoms with E-state index in [1.54, 1.807) is 0 Å². The fraction of sp³-hybridized carbons (Fsp3) is 0.500. The van der Waals surface area contributed by atoms with Crippen LogP contribution in [-0.4, -0.2) is 42.9 Å². The van der Waals surface area contributed by atoms with E-state index < -0.39 is 17.7 Å². The van der Waals surface area contributed by atoms with E-state index in [-0.39, 0.29) is 42.9 Å². The number of piperazine rings is 1. The van der Waals surface area contributed by atoms with Crippen molar-refractivity contribution < 1.29 is 18.4 Å². The molecule has 0 spiro atoms. The van der Waals surface area contributed by atoms with Crippen LogP contribution in [0.3, 0.4) is 0 Å². The molecule has 0 bridgehead atoms. The Kier molecular flexibility index (Phi) is 8.07. The largest absolute Gasteiger partial charge is 0.348 e. The molecule has 2 rings (SSSR count). The van der Waals surface area contributed by atoms with Gasteiger partial charge in [-0.15, -0.1) is 12.4 Å². The molecule has 0 saturated carbocycles. The number of nitrogens with one attached hydrogen (secondary N) is 2. The van der Waals surface area contributed by atoms with Crippen LogP contribution in [0.25, 0.3) is 0 Å². The quantitative estimate of drug-likeness (QED) is 0.812. The minimum Gasteiger partial charge on any atom is -0.348 e. The van der Waals surface area contributed by atoms with E-state index in [0.29, 0.717) is 19.5 Å². The number of rotatable bonds is 6. The van der Waals surface area contributed by atoms with Crippen LogP contribution < -0.4 is 10.6 Å². The molecule has 0 radical (unpaired) electrons. The van der Waals surface area contributed by atoms with E-state index in [0.717, 1.165) is 12.5 Å². The lowest BCUT2D eigenvalue weighted by Crippen LogP contribution is -2.51. The Balaban J connectivity index is 0.00000288. The summed E-state index contributed by atoms with van der Waals surface area (Å²) < 4.78 is 27.0. The minimum absolute atomic E-state index is 0. The van der Waals surface area contributed by atoms with Crippen molar-refractivity contribution >= 4 is 24.2 Å². The van der Waals surface area contributed by atoms with E-state index in [1.807, 2.05) is 6.92 Å². The second-order valence-electron chi connectivity index (χ2n) is 5.57. The summed E-state index contributed by atoms with van der Waals surface area (Å²) in [7, 11) is 0. The molecular formula is C16H22ClF2N3O2. The van der Waals surface area contributed by atoms with Crippen LogP contribution in [0.4, 0.5) is 8.78 Å². The Hall–Kier alpha value is -1.73. The van der Waals surface area contributed by atoms with Gasteiger partial charge in [-0.1, -0.05) is 19.4 Å². The molecule has 1 unspecified atom stereocenters. The summed E-state index contributed by atoms with van der Waals surface area (Å²) in [4.78, 5) is 25.3. The minimum atomic E-state index is -0.679. The maximum Gasteiger partial charge on any atom is 0.240 e. The van der Waals surface area contributed by atoms with E-state index in [4.69, 9.17) is 0 Å². The highest BCUT2D eigenvalue weighted by Crippen LogP contribution is 2.22. The molecule has 1 fully saturated rings. The standard InChI is InChI=1S/C16H21F2N3O2.ClH/c1-2-3-14(12-5-4-11(17)8-13(12)18)20-15(22)10-21-7-6-19-9-16(21)23;/h4-5,8,14,19H,2-3,6-7,9-10H2,1H3,(H,20,22);1H. The van der Waals surface area contributed by atoms with Gasteiger partial charge in [0.05, 0.1) is 19.1 Å². The molecular weight excluding hydrogens is 340 g/mol. The fourth-order valence-corrected chi connectivity index (χ4v) is 2.60. The van der Waals surface area contributed by atoms with Gasteiger partial charge in [0.15, 0.2) is 0 Å². The lowest BCUT2D eigenvalue weighted by atomic mass is 10.0. The molecule has 1 heterocycles. The van der Waals surface area contributed by atoms with Crippen molar-refractivity contribution in [2.45, 2.75) is 25.8 Å². The van der Waals surface area contributed by atoms with Crippen LogP contribution in [0.5, 0.6) is 0 Å². The summed E-state index contributed by atoms with van der Waals surface area (Å²) in [6, 6.07) is 2.80. The molecule has 0 aromatic heterocycles. The zero-order chi connectivity index (χ0) is 16.8. The second-order valence-corrected chi connectivity index (χ2v) is 5.57. The van der Waals surface area contributed by atoms with Crippen LogP contribution >= 0.6 is 12.4 Å². The summed E-state index contributed by atoms with van der Waals surface area (Å²) in [5, 5.41) is 5.68. The van der Waals surface area contributed by atoms with Gasteiger partial charge < -0.3 is 15.5 Å². The number of carbonyl (C=O) groups is 2. The first kappa shape index (κ1) is 20.3. The summed E-state index contributed by atoms with van der Waals surface area (Å²) in [6.45, 7) is 3.20. The number of halogens is 3. The number of hydrogen-bond acceptors (Lipinski definition) is 3. The van der Waals surface area contributed by atoms with Gasteiger partial charge in [-0.2, -0.15) is 0 Å². The summed E-state index contributed by atoms with van der Waals surface area (Å²) in [5.41, 5.74) is 0.258. The normalized spacial score (nSPS) is 15.6. The lowest BCUT2D eigenvalue weighted by molar-refractivity contribution is -0.137. The van der Waals surface area contributed by atoms with Gasteiger partial charge >= 0.3 is 0 Å². The zero-order valence-electron chi connectivity index (χ0n) is 13.5. The number of carbonyl (C=O) groups excluding carboxylic acids is 2. The molecule has 2 amide bonds. The number of benzene rings is 1. The highest BCUT2D eigenvalue weighted by Gasteiger charge is 2.23. The third-order valence-corrected chi connectivity index (χ3v) is 3.77. The Morgan fingerprint density at radius 3 is 2.79 bits per heavy atom. The first-order valence-corrected chi connectivity index (χ1v) is 7.74. The van der Waals surface area contributed by atoms with Gasteiger partial charge in [-0.05, 0) is 12.5 Å². The second kappa shape index (κ2) is 9.54. The average Bonchev–Trinajstić information content (AvgIpc) is 2.49. The van der Waals surface area contributed by atoms with E-state index in [9.17, 15) is 18.4 Å². The molecule has 5 nitrogen and oxygen atoms in total. The zero-order valence-corrected chi connectivity index (χ0v) is 14.3. The van der Waals surface area contributed by atoms with Gasteiger partial charge in [0.2, 0.25) is 11.8 Å². The van der Waals surface area contributed by atoms with Crippen LogP contribution in [0.2, 0.25) is 0 Å². The fourth-order valence-electron chi connectivity index (χ4n) is 2.60. The lowest BCUT2D eigenvalue weighted by Gasteiger charge is -2.28. The number of amides is 2. The van der Waals surface area contributed by atoms with Crippen molar-refractivity contribution in [1.29, 1.82) is 0 Å². The van der Waals surface area contributed by atoms with Gasteiger partial charge in [-0.25, -0.2) is 8.78 Å². The molecule has 1 aliphatic heterocycles. The van der Waals surface area contributed by atoms with Crippen LogP contribution in [0, 0.1) is 11.6 Å². The van der Waals surface area contributed by atoms with Crippen LogP contribution in [0.15, 0.2) is 18.2 Å². The molecule has 8 heteroatoms. The summed E-state index contributed by atoms with van der Waals surface area (Å²) in [5.74, 6) is -1.81. The first-order chi connectivity index (χ1) is 11.0. The highest BCUT2D eigenvalue weighted by molar-refractivity contribution is 5.86. The maximum absolute atomic E-state index is 13.9. The smallest absolute Gasteiger partial charge is 0.240 e. The number of hydrogen-bond donors (Lipinski definition) is 2. The summed E-state index contributed by atoms with van der Waals surface area (Å²) >= 11 is 0. The topological polar surface area (TPSA) is 61.4 Å². The van der Waals surface area contributed by atoms with Crippen molar-refractivity contribution in [3.8, 4) is 0 Å². The van der Waals surface area contributed by atoms with Gasteiger partial charge in [-0.3, -0.25) is 9.59 Å². The van der Waals surface area contributed by atoms with Crippen LogP contribution in [-0.2, 0) is 9.59 Å². The Morgan fingerprint density at radius 2 is 2.17 bits per heavy atom. The van der Waals surface area contributed by atoms with Crippen molar-refractivity contribution in [3.05, 3.63) is 35.4 Å². The Labute approximate surface area is 146 Å². The predicted molar refractivity (Wildman–Crippen MR) is 88.8 cm³/mol. The molecule has 1 saturated heterocycles. The molecule has 1 aliphatic rings. The van der Waals surface area contributed by atoms with Gasteiger partial charge in [0, 0.05) is 24.7 Å². The van der Waals surface area contributed by atoms with Crippen molar-refractivity contribution in [2.75, 3.05) is 26.2 Å². The first-order valence-electron chi connectivity index (χ1n) is 7.74. The third-order valence-electron chi connectivity index (χ3n) is 3.77. The van der Waals surface area contributed by atoms with Crippen molar-refractivity contribution in [3.63, 3.8) is 0 Å². The van der Waals surface area contributed by atoms with Gasteiger partial charge in [0.1, 0.15) is 11.6 Å². The van der Waals surface area contributed by atoms with E-state index in [2.05, 4.69) is 10.6 Å². The molecule has 2 N–H and O–H groups in total. The Bertz CT molecular complexity index is 586. The summed E-state index contributed by atoms with van der Waals surface area (Å²) in [6.07, 6.45) is 1.26. The molecule has 0 aliphatic carbocycles. The average molecular weight is 362 g/mol. The molecule has 1 atom stereocenters. The van der Waals surface area contributed by atoms with Gasteiger partial charge in [0.25, 0.3) is 0 Å². The Morgan fingerprint density at radius 1 is 1.42 bits per heavy atom. The van der Waals surface area contributed by atoms with Crippen molar-refractivity contribution in [1.82, 2.24) is 15.5 Å². The van der Waals surface area contributed by atoms with E-state index in [1.165, 1.54) is 17.0 Å². The maximum atomic E-state index is 13.9. The molecule has 134 valence electrons. The molecule has 24 heavy (non-hydrogen) atoms. The van der Waals surface area contributed by atoms with Crippen LogP contribution in [0.1, 0.15) is 31.4 Å². The number of nitrogens with zero attached hydrogens (tertiary/aromatic N) is 1. The third kappa shape index (κ3) is 5.42. The monoisotopic (exact) mass is 361 g/mol. The SMILES string of the molecule is CCCC(NC(=O)CN1CCNCC1=O)c1ccc(F)cc1F.Cl. The van der Waals surface area contributed by atoms with Crippen molar-refractivity contribution in [2.24, 2.45) is 0 Å². The highest BCUT2D eigenvalue weighted by atomic mass is 35.5. The van der Waals surface area contributed by atoms with E-state index >= 15 is 0 Å².